The zero-order valence-electron chi connectivity index (χ0n) is 24.8. The highest BCUT2D eigenvalue weighted by Crippen LogP contribution is 2.56. The molecule has 8 rings (SSSR count). The van der Waals surface area contributed by atoms with Crippen molar-refractivity contribution in [1.29, 1.82) is 0 Å². The van der Waals surface area contributed by atoms with Gasteiger partial charge in [-0.2, -0.15) is 0 Å². The van der Waals surface area contributed by atoms with Crippen LogP contribution in [0.3, 0.4) is 0 Å². The van der Waals surface area contributed by atoms with Crippen molar-refractivity contribution < 1.29 is 13.7 Å². The third kappa shape index (κ3) is 3.81. The number of rotatable bonds is 4. The molecule has 4 nitrogen and oxygen atoms in total. The van der Waals surface area contributed by atoms with Crippen molar-refractivity contribution in [3.8, 4) is 22.6 Å². The molecule has 6 aromatic rings. The highest BCUT2D eigenvalue weighted by Gasteiger charge is 2.53. The van der Waals surface area contributed by atoms with Gasteiger partial charge in [-0.15, -0.1) is 0 Å². The summed E-state index contributed by atoms with van der Waals surface area (Å²) in [5.41, 5.74) is 9.37. The van der Waals surface area contributed by atoms with Crippen molar-refractivity contribution in [2.45, 2.75) is 44.3 Å². The SMILES string of the molecule is CC1(C)OB(c2ccc3c(c2)C(c2ccccc2)(c2ccc4oc(-c5ccccc5)nc4c2)c2ccccc2-3)OC1(C)C. The minimum atomic E-state index is -0.577. The lowest BCUT2D eigenvalue weighted by Gasteiger charge is -2.34. The molecule has 2 heterocycles. The first-order valence-electron chi connectivity index (χ1n) is 14.9. The molecule has 0 bridgehead atoms. The molecule has 0 spiro atoms. The summed E-state index contributed by atoms with van der Waals surface area (Å²) < 4.78 is 19.3. The summed E-state index contributed by atoms with van der Waals surface area (Å²) in [6.07, 6.45) is 0. The Bertz CT molecular complexity index is 1980. The van der Waals surface area contributed by atoms with E-state index in [1.807, 2.05) is 30.3 Å². The molecule has 1 aromatic heterocycles. The van der Waals surface area contributed by atoms with E-state index < -0.39 is 23.7 Å². The van der Waals surface area contributed by atoms with Gasteiger partial charge in [0, 0.05) is 5.56 Å². The third-order valence-corrected chi connectivity index (χ3v) is 9.64. The van der Waals surface area contributed by atoms with Crippen LogP contribution in [-0.4, -0.2) is 23.3 Å². The average molecular weight is 561 g/mol. The van der Waals surface area contributed by atoms with Crippen molar-refractivity contribution in [2.75, 3.05) is 0 Å². The minimum absolute atomic E-state index is 0.426. The minimum Gasteiger partial charge on any atom is -0.436 e. The van der Waals surface area contributed by atoms with Crippen LogP contribution in [0.15, 0.2) is 126 Å². The second-order valence-corrected chi connectivity index (χ2v) is 12.6. The van der Waals surface area contributed by atoms with Gasteiger partial charge >= 0.3 is 7.12 Å². The van der Waals surface area contributed by atoms with Crippen molar-refractivity contribution in [3.05, 3.63) is 144 Å². The van der Waals surface area contributed by atoms with Gasteiger partial charge < -0.3 is 13.7 Å². The predicted molar refractivity (Wildman–Crippen MR) is 172 cm³/mol. The fraction of sp³-hybridized carbons (Fsp3) is 0.184. The van der Waals surface area contributed by atoms with Gasteiger partial charge in [-0.05, 0) is 90.8 Å². The first-order valence-corrected chi connectivity index (χ1v) is 14.9. The summed E-state index contributed by atoms with van der Waals surface area (Å²) >= 11 is 0. The Balaban J connectivity index is 1.38. The van der Waals surface area contributed by atoms with E-state index in [1.165, 1.54) is 27.8 Å². The van der Waals surface area contributed by atoms with Crippen LogP contribution in [0, 0.1) is 0 Å². The van der Waals surface area contributed by atoms with Crippen LogP contribution in [0.25, 0.3) is 33.7 Å². The first-order chi connectivity index (χ1) is 20.8. The fourth-order valence-electron chi connectivity index (χ4n) is 6.76. The second kappa shape index (κ2) is 9.28. The molecule has 1 unspecified atom stereocenters. The Morgan fingerprint density at radius 2 is 1.23 bits per heavy atom. The standard InChI is InChI=1S/C38H32BNO3/c1-36(2)37(3,4)43-39(42-36)28-20-21-30-29-17-11-12-18-31(29)38(32(30)24-28,26-15-9-6-10-16-26)27-19-22-34-33(23-27)40-35(41-34)25-13-7-5-8-14-25/h5-24H,1-4H3. The van der Waals surface area contributed by atoms with Gasteiger partial charge in [0.05, 0.1) is 16.6 Å². The molecular formula is C38H32BNO3. The lowest BCUT2D eigenvalue weighted by atomic mass is 9.66. The largest absolute Gasteiger partial charge is 0.494 e. The number of benzene rings is 5. The molecule has 1 aliphatic heterocycles. The van der Waals surface area contributed by atoms with E-state index in [-0.39, 0.29) is 0 Å². The van der Waals surface area contributed by atoms with Crippen molar-refractivity contribution in [1.82, 2.24) is 4.98 Å². The summed E-state index contributed by atoms with van der Waals surface area (Å²) in [6, 6.07) is 42.8. The van der Waals surface area contributed by atoms with Gasteiger partial charge in [-0.3, -0.25) is 0 Å². The Labute approximate surface area is 252 Å². The van der Waals surface area contributed by atoms with E-state index in [1.54, 1.807) is 0 Å². The molecule has 1 saturated heterocycles. The molecule has 0 amide bonds. The van der Waals surface area contributed by atoms with Crippen LogP contribution in [-0.2, 0) is 14.7 Å². The Morgan fingerprint density at radius 1 is 0.581 bits per heavy atom. The molecule has 1 atom stereocenters. The van der Waals surface area contributed by atoms with Gasteiger partial charge in [0.25, 0.3) is 0 Å². The number of fused-ring (bicyclic) bond motifs is 4. The normalized spacial score (nSPS) is 19.9. The molecule has 5 heteroatoms. The highest BCUT2D eigenvalue weighted by molar-refractivity contribution is 6.62. The predicted octanol–water partition coefficient (Wildman–Crippen LogP) is 8.16. The van der Waals surface area contributed by atoms with Gasteiger partial charge in [-0.1, -0.05) is 97.1 Å². The molecule has 0 saturated carbocycles. The van der Waals surface area contributed by atoms with Crippen LogP contribution < -0.4 is 5.46 Å². The molecule has 0 N–H and O–H groups in total. The zero-order chi connectivity index (χ0) is 29.4. The molecule has 210 valence electrons. The van der Waals surface area contributed by atoms with Crippen molar-refractivity contribution in [2.24, 2.45) is 0 Å². The van der Waals surface area contributed by atoms with E-state index in [0.29, 0.717) is 5.89 Å². The molecule has 43 heavy (non-hydrogen) atoms. The van der Waals surface area contributed by atoms with E-state index in [0.717, 1.165) is 27.7 Å². The Hall–Kier alpha value is -4.45. The van der Waals surface area contributed by atoms with Crippen LogP contribution in [0.4, 0.5) is 0 Å². The molecule has 1 aliphatic carbocycles. The van der Waals surface area contributed by atoms with Crippen molar-refractivity contribution in [3.63, 3.8) is 0 Å². The number of aromatic nitrogens is 1. The van der Waals surface area contributed by atoms with Crippen LogP contribution in [0.5, 0.6) is 0 Å². The summed E-state index contributed by atoms with van der Waals surface area (Å²) in [5, 5.41) is 0. The maximum absolute atomic E-state index is 6.52. The third-order valence-electron chi connectivity index (χ3n) is 9.64. The Kier molecular flexibility index (Phi) is 5.65. The van der Waals surface area contributed by atoms with Gasteiger partial charge in [-0.25, -0.2) is 4.98 Å². The van der Waals surface area contributed by atoms with Crippen molar-refractivity contribution >= 4 is 23.7 Å². The lowest BCUT2D eigenvalue weighted by molar-refractivity contribution is 0.00578. The molecule has 2 aliphatic rings. The number of nitrogens with zero attached hydrogens (tertiary/aromatic N) is 1. The molecular weight excluding hydrogens is 529 g/mol. The number of hydrogen-bond donors (Lipinski definition) is 0. The monoisotopic (exact) mass is 561 g/mol. The fourth-order valence-corrected chi connectivity index (χ4v) is 6.76. The summed E-state index contributed by atoms with van der Waals surface area (Å²) in [7, 11) is -0.459. The first kappa shape index (κ1) is 26.2. The highest BCUT2D eigenvalue weighted by atomic mass is 16.7. The summed E-state index contributed by atoms with van der Waals surface area (Å²) in [6.45, 7) is 8.39. The number of oxazole rings is 1. The molecule has 0 radical (unpaired) electrons. The second-order valence-electron chi connectivity index (χ2n) is 12.6. The smallest absolute Gasteiger partial charge is 0.436 e. The van der Waals surface area contributed by atoms with Gasteiger partial charge in [0.1, 0.15) is 5.52 Å². The van der Waals surface area contributed by atoms with E-state index >= 15 is 0 Å². The topological polar surface area (TPSA) is 44.5 Å². The number of hydrogen-bond acceptors (Lipinski definition) is 4. The quantitative estimate of drug-likeness (QED) is 0.204. The van der Waals surface area contributed by atoms with Gasteiger partial charge in [0.2, 0.25) is 5.89 Å². The van der Waals surface area contributed by atoms with Crippen LogP contribution >= 0.6 is 0 Å². The van der Waals surface area contributed by atoms with Crippen LogP contribution in [0.2, 0.25) is 0 Å². The summed E-state index contributed by atoms with van der Waals surface area (Å²) in [4.78, 5) is 4.96. The van der Waals surface area contributed by atoms with Crippen LogP contribution in [0.1, 0.15) is 49.9 Å². The van der Waals surface area contributed by atoms with E-state index in [4.69, 9.17) is 18.7 Å². The van der Waals surface area contributed by atoms with Gasteiger partial charge in [0.15, 0.2) is 5.58 Å². The average Bonchev–Trinajstić information content (AvgIpc) is 3.65. The Morgan fingerprint density at radius 3 is 1.98 bits per heavy atom. The maximum atomic E-state index is 6.52. The zero-order valence-corrected chi connectivity index (χ0v) is 24.8. The lowest BCUT2D eigenvalue weighted by Crippen LogP contribution is -2.41. The van der Waals surface area contributed by atoms with E-state index in [9.17, 15) is 0 Å². The molecule has 1 fully saturated rings. The maximum Gasteiger partial charge on any atom is 0.494 e. The molecule has 5 aromatic carbocycles. The van der Waals surface area contributed by atoms with E-state index in [2.05, 4.69) is 119 Å². The summed E-state index contributed by atoms with van der Waals surface area (Å²) in [5.74, 6) is 0.622.